The van der Waals surface area contributed by atoms with Crippen molar-refractivity contribution in [3.05, 3.63) is 77.3 Å². The van der Waals surface area contributed by atoms with Gasteiger partial charge in [-0.3, -0.25) is 10.3 Å². The molecule has 2 aromatic carbocycles. The van der Waals surface area contributed by atoms with Crippen molar-refractivity contribution in [2.24, 2.45) is 4.99 Å². The predicted molar refractivity (Wildman–Crippen MR) is 123 cm³/mol. The largest absolute Gasteiger partial charge is 0.493 e. The average Bonchev–Trinajstić information content (AvgIpc) is 3.31. The van der Waals surface area contributed by atoms with Crippen LogP contribution in [-0.2, 0) is 6.42 Å². The fraction of sp³-hybridized carbons (Fsp3) is 0.320. The quantitative estimate of drug-likeness (QED) is 0.766. The summed E-state index contributed by atoms with van der Waals surface area (Å²) in [6, 6.07) is 15.0. The van der Waals surface area contributed by atoms with Gasteiger partial charge in [-0.05, 0) is 61.6 Å². The molecule has 0 saturated carbocycles. The number of fused-ring (bicyclic) bond motifs is 2. The zero-order valence-electron chi connectivity index (χ0n) is 18.4. The molecule has 2 aromatic rings. The number of hydrogen-bond acceptors (Lipinski definition) is 6. The van der Waals surface area contributed by atoms with E-state index in [0.29, 0.717) is 11.5 Å². The van der Waals surface area contributed by atoms with E-state index >= 15 is 0 Å². The van der Waals surface area contributed by atoms with Crippen molar-refractivity contribution in [1.29, 1.82) is 0 Å². The van der Waals surface area contributed by atoms with E-state index in [4.69, 9.17) is 14.5 Å². The lowest BCUT2D eigenvalue weighted by molar-refractivity contribution is 0.226. The van der Waals surface area contributed by atoms with Crippen molar-refractivity contribution >= 4 is 11.3 Å². The maximum absolute atomic E-state index is 5.59. The Labute approximate surface area is 183 Å². The van der Waals surface area contributed by atoms with E-state index in [1.165, 1.54) is 11.1 Å². The number of rotatable bonds is 5. The van der Waals surface area contributed by atoms with Crippen LogP contribution in [0, 0.1) is 0 Å². The number of ether oxygens (including phenoxy) is 2. The van der Waals surface area contributed by atoms with Gasteiger partial charge in [0.15, 0.2) is 17.3 Å². The van der Waals surface area contributed by atoms with Gasteiger partial charge in [-0.15, -0.1) is 0 Å². The molecule has 2 N–H and O–H groups in total. The van der Waals surface area contributed by atoms with E-state index in [1.807, 2.05) is 36.3 Å². The topological polar surface area (TPSA) is 58.1 Å². The Hall–Kier alpha value is -3.09. The number of nitrogens with one attached hydrogen (secondary N) is 2. The van der Waals surface area contributed by atoms with Gasteiger partial charge < -0.3 is 9.47 Å². The molecule has 5 rings (SSSR count). The van der Waals surface area contributed by atoms with E-state index in [0.717, 1.165) is 35.5 Å². The summed E-state index contributed by atoms with van der Waals surface area (Å²) in [5.41, 5.74) is 9.02. The summed E-state index contributed by atoms with van der Waals surface area (Å²) in [7, 11) is 3.32. The van der Waals surface area contributed by atoms with Crippen LogP contribution in [0.2, 0.25) is 0 Å². The molecule has 0 fully saturated rings. The average molecular weight is 417 g/mol. The molecule has 0 aromatic heterocycles. The van der Waals surface area contributed by atoms with Crippen LogP contribution >= 0.6 is 0 Å². The van der Waals surface area contributed by atoms with Crippen molar-refractivity contribution in [2.75, 3.05) is 14.2 Å². The zero-order chi connectivity index (χ0) is 21.6. The molecule has 3 aliphatic rings. The first-order valence-corrected chi connectivity index (χ1v) is 10.7. The standard InChI is InChI=1S/C25H28N4O2/c1-16-13-14-29-24(26-16)23(18-10-12-21(30-3)22(15-18)31-4)25(2,28-29)27-20-11-9-17-7-5-6-8-19(17)20/h5-8,10,12-15,20,27-28H,9,11H2,1-4H3. The third-order valence-corrected chi connectivity index (χ3v) is 6.31. The van der Waals surface area contributed by atoms with Gasteiger partial charge in [-0.25, -0.2) is 10.4 Å². The van der Waals surface area contributed by atoms with Gasteiger partial charge in [0.1, 0.15) is 5.66 Å². The van der Waals surface area contributed by atoms with Gasteiger partial charge in [0.05, 0.1) is 14.2 Å². The van der Waals surface area contributed by atoms with Crippen LogP contribution in [0.4, 0.5) is 0 Å². The second kappa shape index (κ2) is 7.55. The SMILES string of the molecule is COc1ccc(C2=C3N=C(C)C=CN3NC2(C)NC2CCc3ccccc32)cc1OC. The highest BCUT2D eigenvalue weighted by molar-refractivity contribution is 5.96. The van der Waals surface area contributed by atoms with Crippen molar-refractivity contribution in [1.82, 2.24) is 15.8 Å². The van der Waals surface area contributed by atoms with E-state index in [2.05, 4.69) is 48.0 Å². The zero-order valence-corrected chi connectivity index (χ0v) is 18.4. The third-order valence-electron chi connectivity index (χ3n) is 6.31. The van der Waals surface area contributed by atoms with Crippen LogP contribution in [0.15, 0.2) is 65.6 Å². The highest BCUT2D eigenvalue weighted by Gasteiger charge is 2.44. The highest BCUT2D eigenvalue weighted by Crippen LogP contribution is 2.43. The van der Waals surface area contributed by atoms with Crippen molar-refractivity contribution in [2.45, 2.75) is 38.4 Å². The molecule has 160 valence electrons. The summed E-state index contributed by atoms with van der Waals surface area (Å²) >= 11 is 0. The van der Waals surface area contributed by atoms with Crippen molar-refractivity contribution < 1.29 is 9.47 Å². The van der Waals surface area contributed by atoms with Crippen LogP contribution in [0.1, 0.15) is 43.0 Å². The first-order valence-electron chi connectivity index (χ1n) is 10.7. The number of methoxy groups -OCH3 is 2. The first-order chi connectivity index (χ1) is 15.0. The summed E-state index contributed by atoms with van der Waals surface area (Å²) in [5, 5.41) is 5.92. The Morgan fingerprint density at radius 3 is 2.74 bits per heavy atom. The molecular formula is C25H28N4O2. The molecule has 2 aliphatic heterocycles. The smallest absolute Gasteiger partial charge is 0.161 e. The second-order valence-electron chi connectivity index (χ2n) is 8.38. The van der Waals surface area contributed by atoms with E-state index in [9.17, 15) is 0 Å². The minimum Gasteiger partial charge on any atom is -0.493 e. The minimum absolute atomic E-state index is 0.264. The van der Waals surface area contributed by atoms with Gasteiger partial charge in [0.25, 0.3) is 0 Å². The molecule has 0 saturated heterocycles. The molecule has 0 bridgehead atoms. The number of benzene rings is 2. The molecule has 2 unspecified atom stereocenters. The molecule has 31 heavy (non-hydrogen) atoms. The second-order valence-corrected chi connectivity index (χ2v) is 8.38. The fourth-order valence-electron chi connectivity index (χ4n) is 4.87. The van der Waals surface area contributed by atoms with Crippen molar-refractivity contribution in [3.63, 3.8) is 0 Å². The Bertz CT molecular complexity index is 1120. The summed E-state index contributed by atoms with van der Waals surface area (Å²) in [4.78, 5) is 4.88. The molecular weight excluding hydrogens is 388 g/mol. The van der Waals surface area contributed by atoms with Gasteiger partial charge in [-0.1, -0.05) is 30.3 Å². The molecule has 0 radical (unpaired) electrons. The summed E-state index contributed by atoms with van der Waals surface area (Å²) in [5.74, 6) is 2.31. The van der Waals surface area contributed by atoms with Gasteiger partial charge in [0, 0.05) is 23.5 Å². The number of nitrogens with zero attached hydrogens (tertiary/aromatic N) is 2. The van der Waals surface area contributed by atoms with E-state index in [-0.39, 0.29) is 6.04 Å². The summed E-state index contributed by atoms with van der Waals surface area (Å²) in [6.07, 6.45) is 6.21. The maximum Gasteiger partial charge on any atom is 0.161 e. The molecule has 2 atom stereocenters. The third kappa shape index (κ3) is 3.32. The number of aryl methyl sites for hydroxylation is 1. The maximum atomic E-state index is 5.59. The van der Waals surface area contributed by atoms with Crippen LogP contribution in [0.3, 0.4) is 0 Å². The minimum atomic E-state index is -0.518. The Morgan fingerprint density at radius 2 is 1.94 bits per heavy atom. The first kappa shape index (κ1) is 19.8. The monoisotopic (exact) mass is 416 g/mol. The van der Waals surface area contributed by atoms with Gasteiger partial charge in [-0.2, -0.15) is 0 Å². The molecule has 6 heteroatoms. The normalized spacial score (nSPS) is 24.2. The lowest BCUT2D eigenvalue weighted by Gasteiger charge is -2.34. The number of aliphatic imine (C=N–C) groups is 1. The predicted octanol–water partition coefficient (Wildman–Crippen LogP) is 4.17. The number of hydrogen-bond donors (Lipinski definition) is 2. The highest BCUT2D eigenvalue weighted by atomic mass is 16.5. The molecule has 0 spiro atoms. The molecule has 1 aliphatic carbocycles. The van der Waals surface area contributed by atoms with Gasteiger partial charge >= 0.3 is 0 Å². The van der Waals surface area contributed by atoms with Crippen LogP contribution in [0.25, 0.3) is 5.57 Å². The summed E-state index contributed by atoms with van der Waals surface area (Å²) in [6.45, 7) is 4.20. The van der Waals surface area contributed by atoms with E-state index < -0.39 is 5.66 Å². The van der Waals surface area contributed by atoms with Crippen molar-refractivity contribution in [3.8, 4) is 11.5 Å². The van der Waals surface area contributed by atoms with Crippen LogP contribution < -0.4 is 20.2 Å². The number of allylic oxidation sites excluding steroid dienone is 1. The lowest BCUT2D eigenvalue weighted by atomic mass is 9.93. The number of hydrazine groups is 1. The van der Waals surface area contributed by atoms with Crippen LogP contribution in [-0.4, -0.2) is 30.6 Å². The Morgan fingerprint density at radius 1 is 1.13 bits per heavy atom. The summed E-state index contributed by atoms with van der Waals surface area (Å²) < 4.78 is 11.0. The fourth-order valence-corrected chi connectivity index (χ4v) is 4.87. The van der Waals surface area contributed by atoms with Crippen LogP contribution in [0.5, 0.6) is 11.5 Å². The Balaban J connectivity index is 1.60. The lowest BCUT2D eigenvalue weighted by Crippen LogP contribution is -2.55. The molecule has 6 nitrogen and oxygen atoms in total. The Kier molecular flexibility index (Phi) is 4.84. The van der Waals surface area contributed by atoms with E-state index in [1.54, 1.807) is 14.2 Å². The molecule has 0 amide bonds. The molecule has 2 heterocycles. The van der Waals surface area contributed by atoms with Gasteiger partial charge in [0.2, 0.25) is 0 Å².